The van der Waals surface area contributed by atoms with Gasteiger partial charge in [0.25, 0.3) is 0 Å². The first-order valence-electron chi connectivity index (χ1n) is 6.46. The molecule has 0 aliphatic carbocycles. The Morgan fingerprint density at radius 1 is 1.50 bits per heavy atom. The number of hydrogen-bond donors (Lipinski definition) is 2. The van der Waals surface area contributed by atoms with Crippen LogP contribution in [0.15, 0.2) is 23.1 Å². The van der Waals surface area contributed by atoms with E-state index >= 15 is 0 Å². The van der Waals surface area contributed by atoms with Gasteiger partial charge in [-0.05, 0) is 30.7 Å². The molecule has 1 heterocycles. The number of hydrogen-bond acceptors (Lipinski definition) is 4. The molecule has 18 heavy (non-hydrogen) atoms. The second-order valence-electron chi connectivity index (χ2n) is 4.94. The lowest BCUT2D eigenvalue weighted by atomic mass is 9.95. The third-order valence-electron chi connectivity index (χ3n) is 3.73. The molecule has 3 N–H and O–H groups in total. The molecule has 0 spiro atoms. The standard InChI is InChI=1S/C14H22N2OS/c1-10-9-16(7-6-13(10)17)12-4-3-5-14(18-2)11(12)8-15/h3-5,10,13,17H,6-9,15H2,1-2H3. The van der Waals surface area contributed by atoms with E-state index in [1.165, 1.54) is 16.1 Å². The summed E-state index contributed by atoms with van der Waals surface area (Å²) in [5, 5.41) is 9.81. The molecule has 1 fully saturated rings. The van der Waals surface area contributed by atoms with Crippen molar-refractivity contribution in [3.63, 3.8) is 0 Å². The minimum absolute atomic E-state index is 0.161. The van der Waals surface area contributed by atoms with Crippen LogP contribution in [-0.2, 0) is 6.54 Å². The zero-order valence-corrected chi connectivity index (χ0v) is 11.9. The maximum Gasteiger partial charge on any atom is 0.0599 e. The molecule has 100 valence electrons. The molecular formula is C14H22N2OS. The highest BCUT2D eigenvalue weighted by Crippen LogP contribution is 2.32. The van der Waals surface area contributed by atoms with E-state index in [1.807, 2.05) is 0 Å². The molecule has 2 unspecified atom stereocenters. The molecule has 0 saturated carbocycles. The molecular weight excluding hydrogens is 244 g/mol. The molecule has 3 nitrogen and oxygen atoms in total. The molecule has 0 aromatic heterocycles. The monoisotopic (exact) mass is 266 g/mol. The molecule has 2 atom stereocenters. The van der Waals surface area contributed by atoms with E-state index in [4.69, 9.17) is 5.73 Å². The second kappa shape index (κ2) is 5.95. The van der Waals surface area contributed by atoms with Gasteiger partial charge in [0.15, 0.2) is 0 Å². The Balaban J connectivity index is 2.28. The van der Waals surface area contributed by atoms with Crippen molar-refractivity contribution in [2.45, 2.75) is 30.9 Å². The number of anilines is 1. The first-order chi connectivity index (χ1) is 8.67. The largest absolute Gasteiger partial charge is 0.393 e. The van der Waals surface area contributed by atoms with E-state index in [1.54, 1.807) is 11.8 Å². The van der Waals surface area contributed by atoms with Gasteiger partial charge in [0.2, 0.25) is 0 Å². The van der Waals surface area contributed by atoms with E-state index in [0.29, 0.717) is 12.5 Å². The predicted octanol–water partition coefficient (Wildman–Crippen LogP) is 2.07. The first kappa shape index (κ1) is 13.7. The molecule has 4 heteroatoms. The summed E-state index contributed by atoms with van der Waals surface area (Å²) in [5.74, 6) is 0.322. The predicted molar refractivity (Wildman–Crippen MR) is 78.1 cm³/mol. The molecule has 2 rings (SSSR count). The number of benzene rings is 1. The zero-order valence-electron chi connectivity index (χ0n) is 11.1. The third-order valence-corrected chi connectivity index (χ3v) is 4.56. The van der Waals surface area contributed by atoms with E-state index in [9.17, 15) is 5.11 Å². The summed E-state index contributed by atoms with van der Waals surface area (Å²) in [4.78, 5) is 3.62. The van der Waals surface area contributed by atoms with Crippen LogP contribution in [0.2, 0.25) is 0 Å². The molecule has 1 aliphatic rings. The third kappa shape index (κ3) is 2.66. The Morgan fingerprint density at radius 3 is 2.89 bits per heavy atom. The van der Waals surface area contributed by atoms with E-state index in [2.05, 4.69) is 36.3 Å². The van der Waals surface area contributed by atoms with Gasteiger partial charge in [0.1, 0.15) is 0 Å². The topological polar surface area (TPSA) is 49.5 Å². The quantitative estimate of drug-likeness (QED) is 0.822. The maximum atomic E-state index is 9.81. The van der Waals surface area contributed by atoms with Crippen LogP contribution in [0.5, 0.6) is 0 Å². The van der Waals surface area contributed by atoms with Crippen LogP contribution in [0.25, 0.3) is 0 Å². The minimum Gasteiger partial charge on any atom is -0.393 e. The van der Waals surface area contributed by atoms with Gasteiger partial charge in [-0.3, -0.25) is 0 Å². The molecule has 1 aromatic rings. The average molecular weight is 266 g/mol. The lowest BCUT2D eigenvalue weighted by Gasteiger charge is -2.37. The number of nitrogens with two attached hydrogens (primary N) is 1. The van der Waals surface area contributed by atoms with Gasteiger partial charge in [0, 0.05) is 35.8 Å². The second-order valence-corrected chi connectivity index (χ2v) is 5.79. The maximum absolute atomic E-state index is 9.81. The van der Waals surface area contributed by atoms with E-state index < -0.39 is 0 Å². The Hall–Kier alpha value is -0.710. The Labute approximate surface area is 113 Å². The fraction of sp³-hybridized carbons (Fsp3) is 0.571. The van der Waals surface area contributed by atoms with Crippen LogP contribution in [0.3, 0.4) is 0 Å². The van der Waals surface area contributed by atoms with Crippen molar-refractivity contribution < 1.29 is 5.11 Å². The summed E-state index contributed by atoms with van der Waals surface area (Å²) in [5.41, 5.74) is 8.38. The number of nitrogens with zero attached hydrogens (tertiary/aromatic N) is 1. The first-order valence-corrected chi connectivity index (χ1v) is 7.68. The van der Waals surface area contributed by atoms with Crippen molar-refractivity contribution in [3.05, 3.63) is 23.8 Å². The van der Waals surface area contributed by atoms with Crippen LogP contribution >= 0.6 is 11.8 Å². The minimum atomic E-state index is -0.161. The van der Waals surface area contributed by atoms with Crippen molar-refractivity contribution in [1.82, 2.24) is 0 Å². The smallest absolute Gasteiger partial charge is 0.0599 e. The van der Waals surface area contributed by atoms with E-state index in [0.717, 1.165) is 19.5 Å². The highest BCUT2D eigenvalue weighted by molar-refractivity contribution is 7.98. The van der Waals surface area contributed by atoms with Crippen molar-refractivity contribution in [2.24, 2.45) is 11.7 Å². The van der Waals surface area contributed by atoms with Crippen LogP contribution < -0.4 is 10.6 Å². The molecule has 1 aromatic carbocycles. The van der Waals surface area contributed by atoms with Crippen molar-refractivity contribution in [1.29, 1.82) is 0 Å². The van der Waals surface area contributed by atoms with Crippen LogP contribution in [0.4, 0.5) is 5.69 Å². The van der Waals surface area contributed by atoms with Crippen molar-refractivity contribution >= 4 is 17.4 Å². The number of aliphatic hydroxyl groups is 1. The molecule has 1 saturated heterocycles. The fourth-order valence-corrected chi connectivity index (χ4v) is 3.25. The highest BCUT2D eigenvalue weighted by atomic mass is 32.2. The van der Waals surface area contributed by atoms with Crippen molar-refractivity contribution in [3.8, 4) is 0 Å². The summed E-state index contributed by atoms with van der Waals surface area (Å²) < 4.78 is 0. The molecule has 0 amide bonds. The highest BCUT2D eigenvalue weighted by Gasteiger charge is 2.25. The lowest BCUT2D eigenvalue weighted by Crippen LogP contribution is -2.42. The number of aliphatic hydroxyl groups excluding tert-OH is 1. The summed E-state index contributed by atoms with van der Waals surface area (Å²) in [6.07, 6.45) is 2.77. The zero-order chi connectivity index (χ0) is 13.1. The molecule has 0 radical (unpaired) electrons. The number of piperidine rings is 1. The Bertz CT molecular complexity index is 411. The van der Waals surface area contributed by atoms with Crippen LogP contribution in [0, 0.1) is 5.92 Å². The van der Waals surface area contributed by atoms with Gasteiger partial charge >= 0.3 is 0 Å². The molecule has 0 bridgehead atoms. The van der Waals surface area contributed by atoms with Gasteiger partial charge in [-0.25, -0.2) is 0 Å². The summed E-state index contributed by atoms with van der Waals surface area (Å²) in [7, 11) is 0. The number of thioether (sulfide) groups is 1. The normalized spacial score (nSPS) is 24.3. The SMILES string of the molecule is CSc1cccc(N2CCC(O)C(C)C2)c1CN. The van der Waals surface area contributed by atoms with Gasteiger partial charge in [0.05, 0.1) is 6.10 Å². The van der Waals surface area contributed by atoms with Gasteiger partial charge in [-0.2, -0.15) is 0 Å². The van der Waals surface area contributed by atoms with Crippen LogP contribution in [-0.4, -0.2) is 30.6 Å². The summed E-state index contributed by atoms with van der Waals surface area (Å²) >= 11 is 1.74. The fourth-order valence-electron chi connectivity index (χ4n) is 2.60. The summed E-state index contributed by atoms with van der Waals surface area (Å²) in [6.45, 7) is 4.50. The van der Waals surface area contributed by atoms with E-state index in [-0.39, 0.29) is 6.10 Å². The Kier molecular flexibility index (Phi) is 4.54. The average Bonchev–Trinajstić information content (AvgIpc) is 2.40. The van der Waals surface area contributed by atoms with Crippen molar-refractivity contribution in [2.75, 3.05) is 24.2 Å². The lowest BCUT2D eigenvalue weighted by molar-refractivity contribution is 0.0970. The summed E-state index contributed by atoms with van der Waals surface area (Å²) in [6, 6.07) is 6.36. The van der Waals surface area contributed by atoms with Gasteiger partial charge < -0.3 is 15.7 Å². The van der Waals surface area contributed by atoms with Gasteiger partial charge in [-0.1, -0.05) is 13.0 Å². The van der Waals surface area contributed by atoms with Gasteiger partial charge in [-0.15, -0.1) is 11.8 Å². The van der Waals surface area contributed by atoms with Crippen LogP contribution in [0.1, 0.15) is 18.9 Å². The Morgan fingerprint density at radius 2 is 2.28 bits per heavy atom. The number of rotatable bonds is 3. The molecule has 1 aliphatic heterocycles.